The van der Waals surface area contributed by atoms with Gasteiger partial charge in [-0.1, -0.05) is 0 Å². The maximum atomic E-state index is 12.2. The van der Waals surface area contributed by atoms with E-state index in [0.717, 1.165) is 49.8 Å². The van der Waals surface area contributed by atoms with Crippen LogP contribution in [0.5, 0.6) is 0 Å². The van der Waals surface area contributed by atoms with Crippen LogP contribution in [0.2, 0.25) is 0 Å². The van der Waals surface area contributed by atoms with E-state index >= 15 is 0 Å². The molecule has 8 heteroatoms. The fourth-order valence-corrected chi connectivity index (χ4v) is 4.20. The number of carbonyl (C=O) groups is 1. The van der Waals surface area contributed by atoms with Crippen LogP contribution in [-0.4, -0.2) is 45.6 Å². The third-order valence-electron chi connectivity index (χ3n) is 4.91. The van der Waals surface area contributed by atoms with Gasteiger partial charge in [-0.3, -0.25) is 4.79 Å². The second kappa shape index (κ2) is 7.87. The average molecular weight is 382 g/mol. The lowest BCUT2D eigenvalue weighted by molar-refractivity contribution is 0.0963. The largest absolute Gasteiger partial charge is 0.355 e. The summed E-state index contributed by atoms with van der Waals surface area (Å²) in [5, 5.41) is 4.78. The maximum Gasteiger partial charge on any atom is 0.254 e. The third-order valence-corrected chi connectivity index (χ3v) is 5.54. The minimum absolute atomic E-state index is 0.106. The lowest BCUT2D eigenvalue weighted by atomic mass is 9.96. The highest BCUT2D eigenvalue weighted by atomic mass is 32.1. The van der Waals surface area contributed by atoms with Crippen molar-refractivity contribution in [2.45, 2.75) is 25.3 Å². The van der Waals surface area contributed by atoms with Crippen LogP contribution in [-0.2, 0) is 6.54 Å². The summed E-state index contributed by atoms with van der Waals surface area (Å²) in [5.74, 6) is 2.02. The molecule has 1 saturated heterocycles. The highest BCUT2D eigenvalue weighted by molar-refractivity contribution is 7.07. The van der Waals surface area contributed by atoms with E-state index in [0.29, 0.717) is 11.5 Å². The zero-order valence-electron chi connectivity index (χ0n) is 15.2. The Morgan fingerprint density at radius 1 is 1.33 bits per heavy atom. The van der Waals surface area contributed by atoms with Gasteiger partial charge >= 0.3 is 0 Å². The second-order valence-electron chi connectivity index (χ2n) is 6.63. The van der Waals surface area contributed by atoms with Gasteiger partial charge in [0.15, 0.2) is 0 Å². The van der Waals surface area contributed by atoms with Crippen LogP contribution in [0.1, 0.15) is 40.6 Å². The van der Waals surface area contributed by atoms with E-state index in [1.807, 2.05) is 24.0 Å². The lowest BCUT2D eigenvalue weighted by Crippen LogP contribution is -2.37. The summed E-state index contributed by atoms with van der Waals surface area (Å²) in [6, 6.07) is 3.63. The molecule has 4 heterocycles. The molecule has 3 aromatic rings. The Balaban J connectivity index is 1.56. The molecule has 0 aliphatic carbocycles. The van der Waals surface area contributed by atoms with Crippen molar-refractivity contribution in [1.29, 1.82) is 0 Å². The zero-order chi connectivity index (χ0) is 18.6. The number of carbonyl (C=O) groups excluding carboxylic acids is 1. The van der Waals surface area contributed by atoms with E-state index in [-0.39, 0.29) is 5.91 Å². The van der Waals surface area contributed by atoms with Crippen LogP contribution < -0.4 is 10.2 Å². The molecule has 7 nitrogen and oxygen atoms in total. The van der Waals surface area contributed by atoms with Crippen LogP contribution in [0, 0.1) is 0 Å². The van der Waals surface area contributed by atoms with Gasteiger partial charge in [0, 0.05) is 50.0 Å². The van der Waals surface area contributed by atoms with Crippen LogP contribution >= 0.6 is 11.3 Å². The van der Waals surface area contributed by atoms with Gasteiger partial charge in [-0.05, 0) is 25.0 Å². The van der Waals surface area contributed by atoms with Crippen molar-refractivity contribution >= 4 is 23.1 Å². The van der Waals surface area contributed by atoms with Gasteiger partial charge in [-0.15, -0.1) is 11.3 Å². The van der Waals surface area contributed by atoms with Crippen molar-refractivity contribution in [2.75, 3.05) is 25.0 Å². The highest BCUT2D eigenvalue weighted by Crippen LogP contribution is 2.30. The third kappa shape index (κ3) is 3.71. The maximum absolute atomic E-state index is 12.2. The summed E-state index contributed by atoms with van der Waals surface area (Å²) in [6.07, 6.45) is 7.74. The van der Waals surface area contributed by atoms with Gasteiger partial charge in [0.2, 0.25) is 0 Å². The van der Waals surface area contributed by atoms with Gasteiger partial charge in [-0.25, -0.2) is 15.0 Å². The first-order valence-electron chi connectivity index (χ1n) is 9.06. The molecular weight excluding hydrogens is 360 g/mol. The Labute approximate surface area is 162 Å². The Morgan fingerprint density at radius 2 is 2.26 bits per heavy atom. The first kappa shape index (κ1) is 17.7. The number of thiazole rings is 1. The van der Waals surface area contributed by atoms with Gasteiger partial charge in [0.05, 0.1) is 23.3 Å². The van der Waals surface area contributed by atoms with Gasteiger partial charge < -0.3 is 14.8 Å². The molecule has 1 fully saturated rings. The molecule has 1 aliphatic rings. The monoisotopic (exact) mass is 382 g/mol. The number of nitrogens with zero attached hydrogens (tertiary/aromatic N) is 5. The minimum atomic E-state index is -0.106. The van der Waals surface area contributed by atoms with Crippen molar-refractivity contribution in [3.63, 3.8) is 0 Å². The molecule has 1 atom stereocenters. The molecule has 0 radical (unpaired) electrons. The van der Waals surface area contributed by atoms with Gasteiger partial charge in [-0.2, -0.15) is 0 Å². The highest BCUT2D eigenvalue weighted by Gasteiger charge is 2.27. The zero-order valence-corrected chi connectivity index (χ0v) is 16.0. The summed E-state index contributed by atoms with van der Waals surface area (Å²) in [5.41, 5.74) is 3.53. The lowest BCUT2D eigenvalue weighted by Gasteiger charge is -2.34. The molecule has 1 amide bonds. The standard InChI is InChI=1S/C19H22N6OS/c1-20-19(26)16-5-2-6-21-18(16)24-8-3-4-14(10-24)17-22-7-9-25(17)11-15-12-27-13-23-15/h2,5-7,9,12-14H,3-4,8,10-11H2,1H3,(H,20,26)/t14-/m1/s1. The first-order valence-corrected chi connectivity index (χ1v) is 10.0. The molecule has 0 saturated carbocycles. The van der Waals surface area contributed by atoms with E-state index in [9.17, 15) is 4.79 Å². The van der Waals surface area contributed by atoms with Crippen molar-refractivity contribution in [3.8, 4) is 0 Å². The number of nitrogens with one attached hydrogen (secondary N) is 1. The second-order valence-corrected chi connectivity index (χ2v) is 7.35. The fourth-order valence-electron chi connectivity index (χ4n) is 3.65. The Hall–Kier alpha value is -2.74. The molecule has 0 bridgehead atoms. The van der Waals surface area contributed by atoms with E-state index in [4.69, 9.17) is 0 Å². The first-order chi connectivity index (χ1) is 13.3. The number of piperidine rings is 1. The Morgan fingerprint density at radius 3 is 3.07 bits per heavy atom. The SMILES string of the molecule is CNC(=O)c1cccnc1N1CCC[C@@H](c2nccn2Cc2cscn2)C1. The topological polar surface area (TPSA) is 75.9 Å². The molecule has 0 spiro atoms. The summed E-state index contributed by atoms with van der Waals surface area (Å²) in [6.45, 7) is 2.43. The number of aromatic nitrogens is 4. The van der Waals surface area contributed by atoms with E-state index in [2.05, 4.69) is 35.1 Å². The number of anilines is 1. The summed E-state index contributed by atoms with van der Waals surface area (Å²) >= 11 is 1.61. The molecule has 1 N–H and O–H groups in total. The molecule has 27 heavy (non-hydrogen) atoms. The molecule has 1 aliphatic heterocycles. The van der Waals surface area contributed by atoms with Gasteiger partial charge in [0.1, 0.15) is 11.6 Å². The van der Waals surface area contributed by atoms with Crippen LogP contribution in [0.25, 0.3) is 0 Å². The number of imidazole rings is 1. The summed E-state index contributed by atoms with van der Waals surface area (Å²) in [4.78, 5) is 27.9. The van der Waals surface area contributed by atoms with E-state index in [1.54, 1.807) is 30.6 Å². The Kier molecular flexibility index (Phi) is 5.15. The average Bonchev–Trinajstić information content (AvgIpc) is 3.40. The Bertz CT molecular complexity index is 907. The molecule has 0 unspecified atom stereocenters. The smallest absolute Gasteiger partial charge is 0.254 e. The normalized spacial score (nSPS) is 17.1. The van der Waals surface area contributed by atoms with Crippen molar-refractivity contribution in [3.05, 3.63) is 58.7 Å². The summed E-state index contributed by atoms with van der Waals surface area (Å²) in [7, 11) is 1.65. The predicted octanol–water partition coefficient (Wildman–Crippen LogP) is 2.53. The summed E-state index contributed by atoms with van der Waals surface area (Å²) < 4.78 is 2.18. The molecule has 140 valence electrons. The van der Waals surface area contributed by atoms with E-state index < -0.39 is 0 Å². The predicted molar refractivity (Wildman–Crippen MR) is 105 cm³/mol. The number of hydrogen-bond donors (Lipinski definition) is 1. The number of amides is 1. The van der Waals surface area contributed by atoms with Gasteiger partial charge in [0.25, 0.3) is 5.91 Å². The number of rotatable bonds is 5. The molecule has 3 aromatic heterocycles. The number of hydrogen-bond acceptors (Lipinski definition) is 6. The molecular formula is C19H22N6OS. The van der Waals surface area contributed by atoms with Crippen molar-refractivity contribution in [2.24, 2.45) is 0 Å². The van der Waals surface area contributed by atoms with E-state index in [1.165, 1.54) is 0 Å². The minimum Gasteiger partial charge on any atom is -0.355 e. The van der Waals surface area contributed by atoms with Crippen molar-refractivity contribution in [1.82, 2.24) is 24.8 Å². The number of pyridine rings is 1. The molecule has 0 aromatic carbocycles. The van der Waals surface area contributed by atoms with Crippen LogP contribution in [0.3, 0.4) is 0 Å². The fraction of sp³-hybridized carbons (Fsp3) is 0.368. The quantitative estimate of drug-likeness (QED) is 0.734. The van der Waals surface area contributed by atoms with Crippen LogP contribution in [0.4, 0.5) is 5.82 Å². The molecule has 4 rings (SSSR count). The van der Waals surface area contributed by atoms with Crippen LogP contribution in [0.15, 0.2) is 41.6 Å². The van der Waals surface area contributed by atoms with Crippen molar-refractivity contribution < 1.29 is 4.79 Å².